The summed E-state index contributed by atoms with van der Waals surface area (Å²) in [5.74, 6) is -2.68. The van der Waals surface area contributed by atoms with E-state index in [1.807, 2.05) is 0 Å². The smallest absolute Gasteiger partial charge is 0.406 e. The molecule has 4 nitrogen and oxygen atoms in total. The molecule has 1 amide bonds. The second kappa shape index (κ2) is 9.44. The van der Waals surface area contributed by atoms with Crippen LogP contribution in [0.4, 0.5) is 32.0 Å². The molecule has 146 valence electrons. The summed E-state index contributed by atoms with van der Waals surface area (Å²) in [5.41, 5.74) is 0.132. The SMILES string of the molecule is O=C(CCCCCCC(=O)C(F)(F)F)Nc1cccc(OC(F)(F)F)c1. The fraction of sp³-hybridized carbons (Fsp3) is 0.500. The van der Waals surface area contributed by atoms with E-state index in [-0.39, 0.29) is 18.5 Å². The van der Waals surface area contributed by atoms with Crippen molar-refractivity contribution in [2.45, 2.75) is 51.1 Å². The molecule has 26 heavy (non-hydrogen) atoms. The molecule has 1 aromatic rings. The van der Waals surface area contributed by atoms with Crippen molar-refractivity contribution in [3.63, 3.8) is 0 Å². The summed E-state index contributed by atoms with van der Waals surface area (Å²) in [4.78, 5) is 22.4. The predicted octanol–water partition coefficient (Wildman–Crippen LogP) is 5.00. The minimum atomic E-state index is -4.84. The Bertz CT molecular complexity index is 613. The number of carbonyl (C=O) groups is 2. The summed E-state index contributed by atoms with van der Waals surface area (Å²) >= 11 is 0. The van der Waals surface area contributed by atoms with Gasteiger partial charge in [0.05, 0.1) is 0 Å². The maximum atomic E-state index is 12.1. The number of amides is 1. The van der Waals surface area contributed by atoms with E-state index in [1.165, 1.54) is 12.1 Å². The lowest BCUT2D eigenvalue weighted by Crippen LogP contribution is -2.22. The maximum Gasteiger partial charge on any atom is 0.573 e. The first-order valence-corrected chi connectivity index (χ1v) is 7.73. The number of unbranched alkanes of at least 4 members (excludes halogenated alkanes) is 3. The number of ether oxygens (including phenoxy) is 1. The van der Waals surface area contributed by atoms with Crippen LogP contribution in [0.5, 0.6) is 5.75 Å². The number of hydrogen-bond acceptors (Lipinski definition) is 3. The second-order valence-electron chi connectivity index (χ2n) is 5.46. The van der Waals surface area contributed by atoms with Gasteiger partial charge in [0.15, 0.2) is 0 Å². The zero-order valence-electron chi connectivity index (χ0n) is 13.5. The normalized spacial score (nSPS) is 11.9. The van der Waals surface area contributed by atoms with Crippen molar-refractivity contribution < 1.29 is 40.7 Å². The average Bonchev–Trinajstić information content (AvgIpc) is 2.48. The predicted molar refractivity (Wildman–Crippen MR) is 80.5 cm³/mol. The van der Waals surface area contributed by atoms with Gasteiger partial charge in [-0.1, -0.05) is 18.9 Å². The number of benzene rings is 1. The highest BCUT2D eigenvalue weighted by molar-refractivity contribution is 5.90. The molecule has 0 atom stereocenters. The van der Waals surface area contributed by atoms with Gasteiger partial charge in [-0.2, -0.15) is 13.2 Å². The van der Waals surface area contributed by atoms with Crippen LogP contribution in [0.3, 0.4) is 0 Å². The van der Waals surface area contributed by atoms with E-state index in [9.17, 15) is 35.9 Å². The third kappa shape index (κ3) is 9.28. The number of halogens is 6. The molecule has 10 heteroatoms. The van der Waals surface area contributed by atoms with Crippen LogP contribution in [-0.4, -0.2) is 24.2 Å². The standard InChI is InChI=1S/C16H17F6NO3/c17-15(18,19)13(24)8-3-1-2-4-9-14(25)23-11-6-5-7-12(10-11)26-16(20,21)22/h5-7,10H,1-4,8-9H2,(H,23,25). The zero-order chi connectivity index (χ0) is 19.8. The minimum absolute atomic E-state index is 0.0531. The molecule has 0 aliphatic carbocycles. The first-order chi connectivity index (χ1) is 12.0. The quantitative estimate of drug-likeness (QED) is 0.481. The summed E-state index contributed by atoms with van der Waals surface area (Å²) in [6, 6.07) is 4.79. The molecule has 0 aliphatic rings. The van der Waals surface area contributed by atoms with E-state index in [4.69, 9.17) is 0 Å². The number of rotatable bonds is 9. The Labute approximate surface area is 145 Å². The molecule has 1 aromatic carbocycles. The molecule has 0 radical (unpaired) electrons. The Morgan fingerprint density at radius 2 is 1.54 bits per heavy atom. The van der Waals surface area contributed by atoms with Crippen molar-refractivity contribution in [2.75, 3.05) is 5.32 Å². The molecule has 0 aromatic heterocycles. The summed E-state index contributed by atoms with van der Waals surface area (Å²) in [7, 11) is 0. The summed E-state index contributed by atoms with van der Waals surface area (Å²) in [6.07, 6.45) is -8.90. The van der Waals surface area contributed by atoms with E-state index in [0.29, 0.717) is 19.3 Å². The van der Waals surface area contributed by atoms with Crippen LogP contribution >= 0.6 is 0 Å². The Balaban J connectivity index is 2.27. The lowest BCUT2D eigenvalue weighted by atomic mass is 10.1. The Hall–Kier alpha value is -2.26. The largest absolute Gasteiger partial charge is 0.573 e. The van der Waals surface area contributed by atoms with Crippen LogP contribution < -0.4 is 10.1 Å². The van der Waals surface area contributed by atoms with Gasteiger partial charge in [0.2, 0.25) is 11.7 Å². The number of ketones is 1. The van der Waals surface area contributed by atoms with E-state index >= 15 is 0 Å². The molecule has 0 fully saturated rings. The molecule has 1 rings (SSSR count). The Kier molecular flexibility index (Phi) is 7.91. The fourth-order valence-electron chi connectivity index (χ4n) is 2.06. The Morgan fingerprint density at radius 1 is 0.923 bits per heavy atom. The monoisotopic (exact) mass is 385 g/mol. The molecular weight excluding hydrogens is 368 g/mol. The number of alkyl halides is 6. The number of anilines is 1. The van der Waals surface area contributed by atoms with Crippen LogP contribution in [0.25, 0.3) is 0 Å². The maximum absolute atomic E-state index is 12.1. The molecule has 0 saturated carbocycles. The van der Waals surface area contributed by atoms with Crippen LogP contribution in [0, 0.1) is 0 Å². The molecule has 0 unspecified atom stereocenters. The first-order valence-electron chi connectivity index (χ1n) is 7.73. The van der Waals surface area contributed by atoms with Crippen molar-refractivity contribution in [3.05, 3.63) is 24.3 Å². The van der Waals surface area contributed by atoms with Crippen LogP contribution in [-0.2, 0) is 9.59 Å². The van der Waals surface area contributed by atoms with Crippen molar-refractivity contribution >= 4 is 17.4 Å². The van der Waals surface area contributed by atoms with Gasteiger partial charge in [0, 0.05) is 24.6 Å². The van der Waals surface area contributed by atoms with Crippen LogP contribution in [0.2, 0.25) is 0 Å². The van der Waals surface area contributed by atoms with Crippen molar-refractivity contribution in [1.29, 1.82) is 0 Å². The highest BCUT2D eigenvalue weighted by atomic mass is 19.4. The van der Waals surface area contributed by atoms with Crippen molar-refractivity contribution in [2.24, 2.45) is 0 Å². The summed E-state index contributed by atoms with van der Waals surface area (Å²) in [5, 5.41) is 2.41. The van der Waals surface area contributed by atoms with E-state index in [0.717, 1.165) is 12.1 Å². The molecule has 0 saturated heterocycles. The molecular formula is C16H17F6NO3. The van der Waals surface area contributed by atoms with Gasteiger partial charge in [-0.25, -0.2) is 0 Å². The minimum Gasteiger partial charge on any atom is -0.406 e. The van der Waals surface area contributed by atoms with Crippen molar-refractivity contribution in [1.82, 2.24) is 0 Å². The zero-order valence-corrected chi connectivity index (χ0v) is 13.5. The van der Waals surface area contributed by atoms with Gasteiger partial charge >= 0.3 is 12.5 Å². The van der Waals surface area contributed by atoms with Crippen molar-refractivity contribution in [3.8, 4) is 5.75 Å². The van der Waals surface area contributed by atoms with Gasteiger partial charge in [-0.3, -0.25) is 9.59 Å². The van der Waals surface area contributed by atoms with Gasteiger partial charge in [0.1, 0.15) is 5.75 Å². The topological polar surface area (TPSA) is 55.4 Å². The second-order valence-corrected chi connectivity index (χ2v) is 5.46. The number of Topliss-reactive ketones (excluding diaryl/α,β-unsaturated/α-hetero) is 1. The lowest BCUT2D eigenvalue weighted by Gasteiger charge is -2.10. The highest BCUT2D eigenvalue weighted by Crippen LogP contribution is 2.25. The number of carbonyl (C=O) groups excluding carboxylic acids is 2. The van der Waals surface area contributed by atoms with Gasteiger partial charge in [-0.15, -0.1) is 13.2 Å². The molecule has 0 spiro atoms. The number of hydrogen-bond donors (Lipinski definition) is 1. The fourth-order valence-corrected chi connectivity index (χ4v) is 2.06. The van der Waals surface area contributed by atoms with Gasteiger partial charge < -0.3 is 10.1 Å². The Morgan fingerprint density at radius 3 is 2.12 bits per heavy atom. The molecule has 1 N–H and O–H groups in total. The van der Waals surface area contributed by atoms with Crippen LogP contribution in [0.1, 0.15) is 38.5 Å². The summed E-state index contributed by atoms with van der Waals surface area (Å²) in [6.45, 7) is 0. The molecule has 0 aliphatic heterocycles. The first kappa shape index (κ1) is 21.8. The third-order valence-corrected chi connectivity index (χ3v) is 3.23. The molecule has 0 heterocycles. The third-order valence-electron chi connectivity index (χ3n) is 3.23. The summed E-state index contributed by atoms with van der Waals surface area (Å²) < 4.78 is 76.1. The van der Waals surface area contributed by atoms with E-state index in [2.05, 4.69) is 10.1 Å². The van der Waals surface area contributed by atoms with Crippen LogP contribution in [0.15, 0.2) is 24.3 Å². The van der Waals surface area contributed by atoms with Gasteiger partial charge in [-0.05, 0) is 25.0 Å². The lowest BCUT2D eigenvalue weighted by molar-refractivity contribution is -0.274. The molecule has 0 bridgehead atoms. The van der Waals surface area contributed by atoms with Gasteiger partial charge in [0.25, 0.3) is 0 Å². The number of nitrogens with one attached hydrogen (secondary N) is 1. The highest BCUT2D eigenvalue weighted by Gasteiger charge is 2.37. The van der Waals surface area contributed by atoms with E-state index in [1.54, 1.807) is 0 Å². The van der Waals surface area contributed by atoms with E-state index < -0.39 is 36.4 Å². The average molecular weight is 385 g/mol.